The number of hydrogen-bond acceptors (Lipinski definition) is 2. The number of carbonyl (C=O) groups excluding carboxylic acids is 1. The van der Waals surface area contributed by atoms with Crippen LogP contribution in [-0.4, -0.2) is 22.4 Å². The predicted molar refractivity (Wildman–Crippen MR) is 87.7 cm³/mol. The molecular formula is C17H16F6N4O. The third-order valence-corrected chi connectivity index (χ3v) is 4.19. The summed E-state index contributed by atoms with van der Waals surface area (Å²) in [5.74, 6) is 0.0103. The van der Waals surface area contributed by atoms with Crippen molar-refractivity contribution in [2.45, 2.75) is 37.7 Å². The monoisotopic (exact) mass is 406 g/mol. The molecule has 3 rings (SSSR count). The van der Waals surface area contributed by atoms with Gasteiger partial charge in [0.05, 0.1) is 17.8 Å². The van der Waals surface area contributed by atoms with Crippen molar-refractivity contribution in [3.8, 4) is 0 Å². The lowest BCUT2D eigenvalue weighted by molar-refractivity contribution is -0.141. The summed E-state index contributed by atoms with van der Waals surface area (Å²) in [6.45, 7) is -0.130. The van der Waals surface area contributed by atoms with Crippen LogP contribution in [0.1, 0.15) is 35.7 Å². The number of halogens is 6. The number of anilines is 1. The number of hydrogen-bond donors (Lipinski definition) is 2. The maximum atomic E-state index is 12.9. The number of aromatic nitrogens is 2. The number of rotatable bonds is 5. The Morgan fingerprint density at radius 3 is 2.39 bits per heavy atom. The highest BCUT2D eigenvalue weighted by Crippen LogP contribution is 2.42. The molecular weight excluding hydrogens is 390 g/mol. The molecule has 0 bridgehead atoms. The van der Waals surface area contributed by atoms with Crippen molar-refractivity contribution >= 4 is 11.7 Å². The van der Waals surface area contributed by atoms with Crippen LogP contribution in [0.2, 0.25) is 0 Å². The van der Waals surface area contributed by atoms with Gasteiger partial charge in [-0.1, -0.05) is 12.1 Å². The molecule has 1 aliphatic carbocycles. The van der Waals surface area contributed by atoms with E-state index < -0.39 is 35.3 Å². The Labute approximate surface area is 155 Å². The number of alkyl halides is 6. The van der Waals surface area contributed by atoms with Crippen molar-refractivity contribution in [3.63, 3.8) is 0 Å². The second-order valence-electron chi connectivity index (χ2n) is 6.37. The lowest BCUT2D eigenvalue weighted by Gasteiger charge is -2.14. The summed E-state index contributed by atoms with van der Waals surface area (Å²) < 4.78 is 78.5. The van der Waals surface area contributed by atoms with Crippen LogP contribution in [0.25, 0.3) is 0 Å². The molecule has 0 radical (unpaired) electrons. The van der Waals surface area contributed by atoms with E-state index in [4.69, 9.17) is 0 Å². The summed E-state index contributed by atoms with van der Waals surface area (Å²) in [6, 6.07) is 4.58. The summed E-state index contributed by atoms with van der Waals surface area (Å²) in [7, 11) is 0. The molecule has 0 aliphatic heterocycles. The Morgan fingerprint density at radius 1 is 1.11 bits per heavy atom. The lowest BCUT2D eigenvalue weighted by Crippen LogP contribution is -2.32. The molecule has 1 aromatic heterocycles. The first-order chi connectivity index (χ1) is 13.1. The van der Waals surface area contributed by atoms with E-state index >= 15 is 0 Å². The molecule has 152 valence electrons. The maximum Gasteiger partial charge on any atom is 0.435 e. The molecule has 0 unspecified atom stereocenters. The van der Waals surface area contributed by atoms with Gasteiger partial charge in [-0.2, -0.15) is 31.4 Å². The van der Waals surface area contributed by atoms with Crippen LogP contribution < -0.4 is 10.6 Å². The van der Waals surface area contributed by atoms with E-state index in [2.05, 4.69) is 15.7 Å². The highest BCUT2D eigenvalue weighted by atomic mass is 19.4. The minimum atomic E-state index is -4.63. The topological polar surface area (TPSA) is 59.0 Å². The zero-order valence-electron chi connectivity index (χ0n) is 14.4. The van der Waals surface area contributed by atoms with Gasteiger partial charge in [-0.3, -0.25) is 4.68 Å². The average Bonchev–Trinajstić information content (AvgIpc) is 3.33. The summed E-state index contributed by atoms with van der Waals surface area (Å²) in [5.41, 5.74) is -1.97. The molecule has 0 atom stereocenters. The van der Waals surface area contributed by atoms with Crippen molar-refractivity contribution in [2.24, 2.45) is 0 Å². The predicted octanol–water partition coefficient (Wildman–Crippen LogP) is 4.62. The first-order valence-electron chi connectivity index (χ1n) is 8.41. The average molecular weight is 406 g/mol. The van der Waals surface area contributed by atoms with Gasteiger partial charge in [0, 0.05) is 18.2 Å². The first kappa shape index (κ1) is 20.0. The van der Waals surface area contributed by atoms with Crippen LogP contribution in [0.5, 0.6) is 0 Å². The summed E-state index contributed by atoms with van der Waals surface area (Å²) in [5, 5.41) is 7.98. The fourth-order valence-corrected chi connectivity index (χ4v) is 2.74. The Kier molecular flexibility index (Phi) is 5.26. The highest BCUT2D eigenvalue weighted by molar-refractivity contribution is 5.90. The van der Waals surface area contributed by atoms with Gasteiger partial charge < -0.3 is 10.6 Å². The zero-order valence-corrected chi connectivity index (χ0v) is 14.4. The van der Waals surface area contributed by atoms with Gasteiger partial charge in [-0.15, -0.1) is 0 Å². The van der Waals surface area contributed by atoms with Crippen molar-refractivity contribution < 1.29 is 31.1 Å². The Hall–Kier alpha value is -2.72. The Morgan fingerprint density at radius 2 is 1.79 bits per heavy atom. The second kappa shape index (κ2) is 7.36. The summed E-state index contributed by atoms with van der Waals surface area (Å²) in [4.78, 5) is 11.9. The molecule has 2 amide bonds. The van der Waals surface area contributed by atoms with Gasteiger partial charge in [0.1, 0.15) is 0 Å². The number of nitrogens with one attached hydrogen (secondary N) is 2. The molecule has 2 aromatic rings. The first-order valence-corrected chi connectivity index (χ1v) is 8.41. The third-order valence-electron chi connectivity index (χ3n) is 4.19. The SMILES string of the molecule is O=C(NCCn1nc(C(F)(F)F)cc1C1CC1)Nc1ccccc1C(F)(F)F. The van der Waals surface area contributed by atoms with Crippen LogP contribution in [0.4, 0.5) is 36.8 Å². The van der Waals surface area contributed by atoms with E-state index in [-0.39, 0.29) is 19.0 Å². The lowest BCUT2D eigenvalue weighted by atomic mass is 10.1. The van der Waals surface area contributed by atoms with Gasteiger partial charge in [0.2, 0.25) is 0 Å². The molecule has 1 aliphatic rings. The van der Waals surface area contributed by atoms with Crippen LogP contribution in [0, 0.1) is 0 Å². The van der Waals surface area contributed by atoms with E-state index in [1.54, 1.807) is 0 Å². The summed E-state index contributed by atoms with van der Waals surface area (Å²) in [6.07, 6.45) is -7.66. The van der Waals surface area contributed by atoms with Gasteiger partial charge >= 0.3 is 18.4 Å². The van der Waals surface area contributed by atoms with E-state index in [0.717, 1.165) is 31.0 Å². The number of carbonyl (C=O) groups is 1. The molecule has 2 N–H and O–H groups in total. The molecule has 0 saturated heterocycles. The minimum Gasteiger partial charge on any atom is -0.336 e. The van der Waals surface area contributed by atoms with E-state index in [9.17, 15) is 31.1 Å². The molecule has 1 saturated carbocycles. The van der Waals surface area contributed by atoms with Crippen molar-refractivity contribution in [3.05, 3.63) is 47.3 Å². The molecule has 0 spiro atoms. The fourth-order valence-electron chi connectivity index (χ4n) is 2.74. The smallest absolute Gasteiger partial charge is 0.336 e. The van der Waals surface area contributed by atoms with Gasteiger partial charge in [0.25, 0.3) is 0 Å². The Balaban J connectivity index is 1.60. The van der Waals surface area contributed by atoms with E-state index in [1.807, 2.05) is 0 Å². The van der Waals surface area contributed by atoms with E-state index in [1.165, 1.54) is 16.8 Å². The molecule has 28 heavy (non-hydrogen) atoms. The quantitative estimate of drug-likeness (QED) is 0.712. The standard InChI is InChI=1S/C17H16F6N4O/c18-16(19,20)11-3-1-2-4-12(11)25-15(28)24-7-8-27-13(10-5-6-10)9-14(26-27)17(21,22)23/h1-4,9-10H,5-8H2,(H2,24,25,28). The Bertz CT molecular complexity index is 854. The number of nitrogens with zero attached hydrogens (tertiary/aromatic N) is 2. The van der Waals surface area contributed by atoms with Gasteiger partial charge in [-0.25, -0.2) is 4.79 Å². The number of urea groups is 1. The van der Waals surface area contributed by atoms with Crippen LogP contribution >= 0.6 is 0 Å². The molecule has 11 heteroatoms. The van der Waals surface area contributed by atoms with Gasteiger partial charge in [0.15, 0.2) is 5.69 Å². The van der Waals surface area contributed by atoms with Crippen molar-refractivity contribution in [2.75, 3.05) is 11.9 Å². The second-order valence-corrected chi connectivity index (χ2v) is 6.37. The normalized spacial score (nSPS) is 14.8. The molecule has 5 nitrogen and oxygen atoms in total. The third kappa shape index (κ3) is 4.76. The molecule has 1 fully saturated rings. The number of para-hydroxylation sites is 1. The van der Waals surface area contributed by atoms with Crippen LogP contribution in [0.3, 0.4) is 0 Å². The molecule has 1 heterocycles. The van der Waals surface area contributed by atoms with Crippen LogP contribution in [0.15, 0.2) is 30.3 Å². The molecule has 1 aromatic carbocycles. The fraction of sp³-hybridized carbons (Fsp3) is 0.412. The van der Waals surface area contributed by atoms with E-state index in [0.29, 0.717) is 5.69 Å². The van der Waals surface area contributed by atoms with Crippen molar-refractivity contribution in [1.29, 1.82) is 0 Å². The van der Waals surface area contributed by atoms with Gasteiger partial charge in [-0.05, 0) is 31.0 Å². The maximum absolute atomic E-state index is 12.9. The van der Waals surface area contributed by atoms with Crippen LogP contribution in [-0.2, 0) is 18.9 Å². The largest absolute Gasteiger partial charge is 0.435 e. The number of benzene rings is 1. The minimum absolute atomic E-state index is 0.0103. The number of amides is 2. The highest BCUT2D eigenvalue weighted by Gasteiger charge is 2.37. The summed E-state index contributed by atoms with van der Waals surface area (Å²) >= 11 is 0. The zero-order chi connectivity index (χ0) is 20.5. The van der Waals surface area contributed by atoms with Crippen molar-refractivity contribution in [1.82, 2.24) is 15.1 Å².